The minimum absolute atomic E-state index is 0.248. The van der Waals surface area contributed by atoms with E-state index in [9.17, 15) is 4.79 Å². The van der Waals surface area contributed by atoms with Crippen molar-refractivity contribution in [2.24, 2.45) is 13.0 Å². The average molecular weight is 327 g/mol. The minimum Gasteiger partial charge on any atom is -0.342 e. The summed E-state index contributed by atoms with van der Waals surface area (Å²) in [5.41, 5.74) is 2.71. The van der Waals surface area contributed by atoms with Gasteiger partial charge in [0.2, 0.25) is 5.91 Å². The van der Waals surface area contributed by atoms with Gasteiger partial charge in [0, 0.05) is 44.4 Å². The van der Waals surface area contributed by atoms with E-state index in [1.165, 1.54) is 19.3 Å². The van der Waals surface area contributed by atoms with Gasteiger partial charge in [-0.3, -0.25) is 4.79 Å². The Kier molecular flexibility index (Phi) is 4.21. The summed E-state index contributed by atoms with van der Waals surface area (Å²) in [5.74, 6) is 0.884. The number of hydrogen-bond acceptors (Lipinski definition) is 4. The molecule has 0 bridgehead atoms. The number of rotatable bonds is 2. The highest BCUT2D eigenvalue weighted by Gasteiger charge is 2.32. The van der Waals surface area contributed by atoms with E-state index < -0.39 is 0 Å². The van der Waals surface area contributed by atoms with Gasteiger partial charge in [-0.1, -0.05) is 19.3 Å². The summed E-state index contributed by atoms with van der Waals surface area (Å²) in [6.07, 6.45) is 11.4. The van der Waals surface area contributed by atoms with Crippen LogP contribution < -0.4 is 0 Å². The zero-order valence-corrected chi connectivity index (χ0v) is 14.3. The van der Waals surface area contributed by atoms with Crippen LogP contribution in [0.2, 0.25) is 0 Å². The molecular weight excluding hydrogens is 302 g/mol. The third-order valence-electron chi connectivity index (χ3n) is 5.56. The molecule has 1 aliphatic carbocycles. The summed E-state index contributed by atoms with van der Waals surface area (Å²) in [5, 5.41) is 4.67. The normalized spacial score (nSPS) is 22.9. The highest BCUT2D eigenvalue weighted by Crippen LogP contribution is 2.32. The molecule has 2 aromatic heterocycles. The number of carbonyl (C=O) groups is 1. The lowest BCUT2D eigenvalue weighted by atomic mass is 9.86. The number of fused-ring (bicyclic) bond motifs is 1. The van der Waals surface area contributed by atoms with Crippen molar-refractivity contribution in [3.05, 3.63) is 18.1 Å². The maximum Gasteiger partial charge on any atom is 0.225 e. The molecule has 4 rings (SSSR count). The molecule has 1 amide bonds. The summed E-state index contributed by atoms with van der Waals surface area (Å²) < 4.78 is 1.81. The standard InChI is InChI=1S/C18H25N5O/c1-22-17-16(19-9-10-20-17)15(21-22)14-8-5-11-23(12-14)18(24)13-6-3-2-4-7-13/h9-10,13-14H,2-8,11-12H2,1H3. The molecule has 6 nitrogen and oxygen atoms in total. The van der Waals surface area contributed by atoms with Gasteiger partial charge in [-0.25, -0.2) is 14.6 Å². The van der Waals surface area contributed by atoms with Gasteiger partial charge in [0.1, 0.15) is 5.52 Å². The molecule has 1 aliphatic heterocycles. The quantitative estimate of drug-likeness (QED) is 0.850. The number of hydrogen-bond donors (Lipinski definition) is 0. The maximum absolute atomic E-state index is 12.9. The molecule has 0 aromatic carbocycles. The van der Waals surface area contributed by atoms with E-state index in [0.717, 1.165) is 55.6 Å². The lowest BCUT2D eigenvalue weighted by molar-refractivity contribution is -0.137. The van der Waals surface area contributed by atoms with E-state index in [1.807, 2.05) is 7.05 Å². The highest BCUT2D eigenvalue weighted by atomic mass is 16.2. The van der Waals surface area contributed by atoms with Crippen molar-refractivity contribution < 1.29 is 4.79 Å². The fourth-order valence-corrected chi connectivity index (χ4v) is 4.29. The van der Waals surface area contributed by atoms with Crippen LogP contribution in [0.5, 0.6) is 0 Å². The number of aromatic nitrogens is 4. The number of carbonyl (C=O) groups excluding carboxylic acids is 1. The largest absolute Gasteiger partial charge is 0.342 e. The predicted octanol–water partition coefficient (Wildman–Crippen LogP) is 2.65. The molecule has 0 N–H and O–H groups in total. The van der Waals surface area contributed by atoms with Crippen molar-refractivity contribution in [1.29, 1.82) is 0 Å². The molecule has 2 fully saturated rings. The second-order valence-corrected chi connectivity index (χ2v) is 7.20. The van der Waals surface area contributed by atoms with E-state index in [-0.39, 0.29) is 11.8 Å². The van der Waals surface area contributed by atoms with E-state index in [1.54, 1.807) is 17.1 Å². The Labute approximate surface area is 142 Å². The van der Waals surface area contributed by atoms with Crippen molar-refractivity contribution in [2.45, 2.75) is 50.9 Å². The Morgan fingerprint density at radius 3 is 2.71 bits per heavy atom. The van der Waals surface area contributed by atoms with Gasteiger partial charge in [-0.05, 0) is 25.7 Å². The van der Waals surface area contributed by atoms with Crippen molar-refractivity contribution in [3.63, 3.8) is 0 Å². The lowest BCUT2D eigenvalue weighted by Crippen LogP contribution is -2.43. The van der Waals surface area contributed by atoms with E-state index in [0.29, 0.717) is 5.91 Å². The Hall–Kier alpha value is -1.98. The van der Waals surface area contributed by atoms with Crippen LogP contribution in [0.15, 0.2) is 12.4 Å². The van der Waals surface area contributed by atoms with Gasteiger partial charge in [0.05, 0.1) is 5.69 Å². The van der Waals surface area contributed by atoms with Crippen molar-refractivity contribution in [1.82, 2.24) is 24.6 Å². The predicted molar refractivity (Wildman–Crippen MR) is 91.4 cm³/mol. The Balaban J connectivity index is 1.55. The summed E-state index contributed by atoms with van der Waals surface area (Å²) in [7, 11) is 1.91. The molecule has 6 heteroatoms. The lowest BCUT2D eigenvalue weighted by Gasteiger charge is -2.35. The van der Waals surface area contributed by atoms with Crippen molar-refractivity contribution >= 4 is 17.1 Å². The van der Waals surface area contributed by atoms with Crippen LogP contribution in [0.3, 0.4) is 0 Å². The van der Waals surface area contributed by atoms with Crippen LogP contribution in [0.1, 0.15) is 56.6 Å². The number of likely N-dealkylation sites (tertiary alicyclic amines) is 1. The smallest absolute Gasteiger partial charge is 0.225 e. The summed E-state index contributed by atoms with van der Waals surface area (Å²) >= 11 is 0. The average Bonchev–Trinajstić information content (AvgIpc) is 2.99. The topological polar surface area (TPSA) is 63.9 Å². The first-order chi connectivity index (χ1) is 11.7. The molecule has 0 spiro atoms. The zero-order chi connectivity index (χ0) is 16.5. The molecule has 2 aromatic rings. The SMILES string of the molecule is Cn1nc(C2CCCN(C(=O)C3CCCCC3)C2)c2nccnc21. The molecule has 3 heterocycles. The van der Waals surface area contributed by atoms with Crippen LogP contribution >= 0.6 is 0 Å². The zero-order valence-electron chi connectivity index (χ0n) is 14.3. The maximum atomic E-state index is 12.9. The molecular formula is C18H25N5O. The molecule has 1 saturated heterocycles. The molecule has 128 valence electrons. The van der Waals surface area contributed by atoms with Crippen molar-refractivity contribution in [2.75, 3.05) is 13.1 Å². The molecule has 2 aliphatic rings. The van der Waals surface area contributed by atoms with E-state index in [4.69, 9.17) is 0 Å². The van der Waals surface area contributed by atoms with Crippen LogP contribution in [0.25, 0.3) is 11.2 Å². The van der Waals surface area contributed by atoms with Gasteiger partial charge in [-0.2, -0.15) is 5.10 Å². The first-order valence-electron chi connectivity index (χ1n) is 9.16. The fraction of sp³-hybridized carbons (Fsp3) is 0.667. The third-order valence-corrected chi connectivity index (χ3v) is 5.56. The second-order valence-electron chi connectivity index (χ2n) is 7.20. The van der Waals surface area contributed by atoms with E-state index >= 15 is 0 Å². The van der Waals surface area contributed by atoms with Gasteiger partial charge < -0.3 is 4.90 Å². The number of amides is 1. The molecule has 1 saturated carbocycles. The fourth-order valence-electron chi connectivity index (χ4n) is 4.29. The Morgan fingerprint density at radius 1 is 1.08 bits per heavy atom. The van der Waals surface area contributed by atoms with Gasteiger partial charge in [-0.15, -0.1) is 0 Å². The summed E-state index contributed by atoms with van der Waals surface area (Å²) in [4.78, 5) is 23.8. The molecule has 1 atom stereocenters. The third kappa shape index (κ3) is 2.78. The molecule has 24 heavy (non-hydrogen) atoms. The Morgan fingerprint density at radius 2 is 1.88 bits per heavy atom. The van der Waals surface area contributed by atoms with Gasteiger partial charge in [0.25, 0.3) is 0 Å². The van der Waals surface area contributed by atoms with Crippen molar-refractivity contribution in [3.8, 4) is 0 Å². The van der Waals surface area contributed by atoms with Gasteiger partial charge in [0.15, 0.2) is 5.65 Å². The number of nitrogens with zero attached hydrogens (tertiary/aromatic N) is 5. The summed E-state index contributed by atoms with van der Waals surface area (Å²) in [6, 6.07) is 0. The minimum atomic E-state index is 0.248. The van der Waals surface area contributed by atoms with Gasteiger partial charge >= 0.3 is 0 Å². The summed E-state index contributed by atoms with van der Waals surface area (Å²) in [6.45, 7) is 1.67. The number of piperidine rings is 1. The molecule has 1 unspecified atom stereocenters. The highest BCUT2D eigenvalue weighted by molar-refractivity contribution is 5.79. The Bertz CT molecular complexity index is 734. The van der Waals surface area contributed by atoms with E-state index in [2.05, 4.69) is 20.0 Å². The first-order valence-corrected chi connectivity index (χ1v) is 9.16. The second kappa shape index (κ2) is 6.49. The van der Waals surface area contributed by atoms with Crippen LogP contribution in [0.4, 0.5) is 0 Å². The monoisotopic (exact) mass is 327 g/mol. The first kappa shape index (κ1) is 15.5. The van der Waals surface area contributed by atoms with Crippen LogP contribution in [0, 0.1) is 5.92 Å². The number of aryl methyl sites for hydroxylation is 1. The molecule has 0 radical (unpaired) electrons. The van der Waals surface area contributed by atoms with Crippen LogP contribution in [-0.4, -0.2) is 43.6 Å². The van der Waals surface area contributed by atoms with Crippen LogP contribution in [-0.2, 0) is 11.8 Å².